The Labute approximate surface area is 304 Å². The van der Waals surface area contributed by atoms with Crippen LogP contribution in [0.4, 0.5) is 0 Å². The number of ether oxygens (including phenoxy) is 1. The van der Waals surface area contributed by atoms with Gasteiger partial charge in [0, 0.05) is 31.8 Å². The topological polar surface area (TPSA) is 178 Å². The maximum atomic E-state index is 14.0. The zero-order valence-electron chi connectivity index (χ0n) is 31.1. The van der Waals surface area contributed by atoms with E-state index in [1.807, 2.05) is 64.1 Å². The van der Waals surface area contributed by atoms with Crippen molar-refractivity contribution in [1.29, 1.82) is 0 Å². The van der Waals surface area contributed by atoms with E-state index < -0.39 is 36.0 Å². The van der Waals surface area contributed by atoms with Crippen LogP contribution in [-0.4, -0.2) is 90.9 Å². The van der Waals surface area contributed by atoms with E-state index in [2.05, 4.69) is 26.6 Å². The Morgan fingerprint density at radius 2 is 1.59 bits per heavy atom. The van der Waals surface area contributed by atoms with E-state index in [1.165, 1.54) is 6.42 Å². The Balaban J connectivity index is 1.73. The molecule has 1 aromatic rings. The minimum Gasteiger partial charge on any atom is -0.496 e. The van der Waals surface area contributed by atoms with E-state index in [0.717, 1.165) is 31.2 Å². The first-order valence-electron chi connectivity index (χ1n) is 19.0. The first-order valence-corrected chi connectivity index (χ1v) is 19.0. The monoisotopic (exact) mass is 713 g/mol. The number of benzene rings is 1. The molecule has 12 heteroatoms. The molecule has 3 rings (SSSR count). The Morgan fingerprint density at radius 3 is 2.25 bits per heavy atom. The molecule has 4 amide bonds. The predicted molar refractivity (Wildman–Crippen MR) is 197 cm³/mol. The van der Waals surface area contributed by atoms with Crippen LogP contribution in [-0.2, 0) is 30.3 Å². The van der Waals surface area contributed by atoms with Gasteiger partial charge >= 0.3 is 0 Å². The molecular weight excluding hydrogens is 650 g/mol. The van der Waals surface area contributed by atoms with Crippen molar-refractivity contribution in [1.82, 2.24) is 26.6 Å². The molecule has 7 N–H and O–H groups in total. The summed E-state index contributed by atoms with van der Waals surface area (Å²) >= 11 is 0. The number of aliphatic hydroxyl groups excluding tert-OH is 2. The van der Waals surface area contributed by atoms with Crippen molar-refractivity contribution in [2.45, 2.75) is 116 Å². The van der Waals surface area contributed by atoms with Crippen molar-refractivity contribution >= 4 is 23.6 Å². The summed E-state index contributed by atoms with van der Waals surface area (Å²) in [6.45, 7) is 9.70. The summed E-state index contributed by atoms with van der Waals surface area (Å²) in [5.74, 6) is -0.252. The minimum atomic E-state index is -1.08. The van der Waals surface area contributed by atoms with Crippen molar-refractivity contribution in [3.8, 4) is 0 Å². The summed E-state index contributed by atoms with van der Waals surface area (Å²) in [6.07, 6.45) is 7.35. The Kier molecular flexibility index (Phi) is 18.5. The summed E-state index contributed by atoms with van der Waals surface area (Å²) in [4.78, 5) is 53.9. The van der Waals surface area contributed by atoms with Gasteiger partial charge in [0.05, 0.1) is 38.3 Å². The highest BCUT2D eigenvalue weighted by molar-refractivity contribution is 5.92. The number of hydrogen-bond donors (Lipinski definition) is 7. The second-order valence-corrected chi connectivity index (χ2v) is 15.1. The highest BCUT2D eigenvalue weighted by atomic mass is 16.5. The molecule has 1 fully saturated rings. The van der Waals surface area contributed by atoms with Gasteiger partial charge < -0.3 is 41.5 Å². The van der Waals surface area contributed by atoms with Gasteiger partial charge in [-0.3, -0.25) is 19.2 Å². The van der Waals surface area contributed by atoms with E-state index >= 15 is 0 Å². The van der Waals surface area contributed by atoms with Gasteiger partial charge in [0.2, 0.25) is 23.6 Å². The van der Waals surface area contributed by atoms with Gasteiger partial charge in [-0.2, -0.15) is 0 Å². The Morgan fingerprint density at radius 1 is 0.882 bits per heavy atom. The molecular formula is C39H63N5O7. The maximum Gasteiger partial charge on any atom is 0.243 e. The summed E-state index contributed by atoms with van der Waals surface area (Å²) in [5, 5.41) is 35.1. The molecule has 12 nitrogen and oxygen atoms in total. The van der Waals surface area contributed by atoms with E-state index in [4.69, 9.17) is 9.84 Å². The lowest BCUT2D eigenvalue weighted by molar-refractivity contribution is -0.133. The van der Waals surface area contributed by atoms with Crippen LogP contribution in [0.2, 0.25) is 0 Å². The van der Waals surface area contributed by atoms with E-state index in [9.17, 15) is 24.3 Å². The number of rotatable bonds is 22. The van der Waals surface area contributed by atoms with Gasteiger partial charge in [0.25, 0.3) is 0 Å². The van der Waals surface area contributed by atoms with Crippen molar-refractivity contribution in [3.63, 3.8) is 0 Å². The van der Waals surface area contributed by atoms with Gasteiger partial charge in [0.15, 0.2) is 0 Å². The van der Waals surface area contributed by atoms with E-state index in [0.29, 0.717) is 50.8 Å². The van der Waals surface area contributed by atoms with Crippen molar-refractivity contribution in [3.05, 3.63) is 47.7 Å². The third kappa shape index (κ3) is 16.2. The summed E-state index contributed by atoms with van der Waals surface area (Å²) in [7, 11) is 0. The highest BCUT2D eigenvalue weighted by Crippen LogP contribution is 2.28. The molecule has 0 spiro atoms. The molecule has 1 aromatic carbocycles. The van der Waals surface area contributed by atoms with Crippen LogP contribution in [0, 0.1) is 23.7 Å². The van der Waals surface area contributed by atoms with Crippen molar-refractivity contribution in [2.75, 3.05) is 32.8 Å². The molecule has 1 saturated carbocycles. The maximum absolute atomic E-state index is 14.0. The zero-order chi connectivity index (χ0) is 37.2. The number of nitrogens with one attached hydrogen (secondary N) is 5. The van der Waals surface area contributed by atoms with Crippen LogP contribution >= 0.6 is 0 Å². The SMILES string of the molecule is CC(C)CNC(=O)CC(O)[C@H](CC1CCCCC1)NC(=O)[C@H](CC(C)C)NC(=O)[C@H](Cc1ccccc1)NC(=O)CC1C=C(CNCCO)OC1. The minimum absolute atomic E-state index is 0.0178. The Hall–Kier alpha value is -3.48. The van der Waals surface area contributed by atoms with Gasteiger partial charge in [-0.15, -0.1) is 0 Å². The number of amides is 4. The number of carbonyl (C=O) groups is 4. The molecule has 1 aliphatic heterocycles. The fraction of sp³-hybridized carbons (Fsp3) is 0.692. The summed E-state index contributed by atoms with van der Waals surface area (Å²) in [5.41, 5.74) is 0.857. The zero-order valence-corrected chi connectivity index (χ0v) is 31.1. The fourth-order valence-electron chi connectivity index (χ4n) is 6.72. The van der Waals surface area contributed by atoms with Crippen molar-refractivity contribution in [2.24, 2.45) is 23.7 Å². The molecule has 1 heterocycles. The molecule has 1 aliphatic carbocycles. The smallest absolute Gasteiger partial charge is 0.243 e. The number of carbonyl (C=O) groups excluding carboxylic acids is 4. The molecule has 51 heavy (non-hydrogen) atoms. The van der Waals surface area contributed by atoms with Crippen LogP contribution in [0.5, 0.6) is 0 Å². The third-order valence-electron chi connectivity index (χ3n) is 9.42. The molecule has 2 unspecified atom stereocenters. The van der Waals surface area contributed by atoms with Gasteiger partial charge in [0.1, 0.15) is 17.8 Å². The second kappa shape index (κ2) is 22.5. The van der Waals surface area contributed by atoms with Crippen LogP contribution < -0.4 is 26.6 Å². The van der Waals surface area contributed by atoms with Gasteiger partial charge in [-0.25, -0.2) is 0 Å². The Bertz CT molecular complexity index is 1250. The van der Waals surface area contributed by atoms with E-state index in [-0.39, 0.29) is 55.4 Å². The van der Waals surface area contributed by atoms with Crippen LogP contribution in [0.3, 0.4) is 0 Å². The van der Waals surface area contributed by atoms with Gasteiger partial charge in [-0.05, 0) is 42.2 Å². The first kappa shape index (κ1) is 41.9. The van der Waals surface area contributed by atoms with Gasteiger partial charge in [-0.1, -0.05) is 90.1 Å². The average Bonchev–Trinajstić information content (AvgIpc) is 3.53. The molecule has 0 saturated heterocycles. The highest BCUT2D eigenvalue weighted by Gasteiger charge is 2.33. The molecule has 0 aromatic heterocycles. The molecule has 5 atom stereocenters. The number of aliphatic hydroxyl groups is 2. The van der Waals surface area contributed by atoms with Crippen LogP contribution in [0.1, 0.15) is 91.0 Å². The van der Waals surface area contributed by atoms with Crippen LogP contribution in [0.25, 0.3) is 0 Å². The predicted octanol–water partition coefficient (Wildman–Crippen LogP) is 2.73. The van der Waals surface area contributed by atoms with E-state index in [1.54, 1.807) is 0 Å². The molecule has 0 radical (unpaired) electrons. The lowest BCUT2D eigenvalue weighted by Gasteiger charge is -2.32. The lowest BCUT2D eigenvalue weighted by Crippen LogP contribution is -2.57. The quantitative estimate of drug-likeness (QED) is 0.0898. The molecule has 2 aliphatic rings. The largest absolute Gasteiger partial charge is 0.496 e. The fourth-order valence-corrected chi connectivity index (χ4v) is 6.72. The normalized spacial score (nSPS) is 18.7. The number of hydrogen-bond acceptors (Lipinski definition) is 8. The summed E-state index contributed by atoms with van der Waals surface area (Å²) in [6, 6.07) is 6.89. The second-order valence-electron chi connectivity index (χ2n) is 15.1. The van der Waals surface area contributed by atoms with Crippen LogP contribution in [0.15, 0.2) is 42.2 Å². The standard InChI is InChI=1S/C39H63N5O7/c1-26(2)17-33(38(49)43-32(19-28-11-7-5-8-12-28)35(46)22-36(47)41-23-27(3)4)44-39(50)34(20-29-13-9-6-10-14-29)42-37(48)21-30-18-31(51-25-30)24-40-15-16-45/h6,9-10,13-14,18,26-28,30,32-35,40,45-46H,5,7-8,11-12,15-17,19-25H2,1-4H3,(H,41,47)(H,42,48)(H,43,49)(H,44,50)/t30?,32-,33-,34-,35?/m0/s1. The third-order valence-corrected chi connectivity index (χ3v) is 9.42. The lowest BCUT2D eigenvalue weighted by atomic mass is 9.83. The van der Waals surface area contributed by atoms with Crippen molar-refractivity contribution < 1.29 is 34.1 Å². The summed E-state index contributed by atoms with van der Waals surface area (Å²) < 4.78 is 5.69. The first-order chi connectivity index (χ1) is 24.4. The average molecular weight is 714 g/mol. The molecule has 0 bridgehead atoms. The molecule has 286 valence electrons.